The summed E-state index contributed by atoms with van der Waals surface area (Å²) in [4.78, 5) is 30.5. The molecule has 0 aliphatic carbocycles. The number of nitrogens with zero attached hydrogens (tertiary/aromatic N) is 3. The second-order valence-corrected chi connectivity index (χ2v) is 7.28. The molecule has 1 fully saturated rings. The van der Waals surface area contributed by atoms with E-state index in [2.05, 4.69) is 0 Å². The van der Waals surface area contributed by atoms with E-state index in [-0.39, 0.29) is 17.2 Å². The zero-order valence-electron chi connectivity index (χ0n) is 14.8. The van der Waals surface area contributed by atoms with E-state index in [1.165, 1.54) is 0 Å². The normalized spacial score (nSPS) is 15.5. The Hall–Kier alpha value is -2.04. The molecule has 1 aliphatic rings. The molecule has 0 aromatic heterocycles. The summed E-state index contributed by atoms with van der Waals surface area (Å²) >= 11 is 0. The van der Waals surface area contributed by atoms with Crippen LogP contribution in [-0.4, -0.2) is 61.9 Å². The number of hydrogen-bond acceptors (Lipinski definition) is 3. The summed E-state index contributed by atoms with van der Waals surface area (Å²) in [7, 11) is 3.95. The van der Waals surface area contributed by atoms with Gasteiger partial charge in [0.15, 0.2) is 0 Å². The molecule has 0 atom stereocenters. The highest BCUT2D eigenvalue weighted by Crippen LogP contribution is 2.19. The summed E-state index contributed by atoms with van der Waals surface area (Å²) in [6, 6.07) is 7.63. The molecule has 126 valence electrons. The first kappa shape index (κ1) is 17.3. The van der Waals surface area contributed by atoms with Crippen LogP contribution in [0.4, 0.5) is 5.69 Å². The molecule has 0 spiro atoms. The molecule has 5 heteroatoms. The van der Waals surface area contributed by atoms with Crippen LogP contribution in [0, 0.1) is 5.41 Å². The molecule has 0 unspecified atom stereocenters. The molecular formula is C18H27N3O2. The summed E-state index contributed by atoms with van der Waals surface area (Å²) < 4.78 is 0. The number of hydrogen-bond donors (Lipinski definition) is 0. The van der Waals surface area contributed by atoms with Gasteiger partial charge in [-0.2, -0.15) is 0 Å². The van der Waals surface area contributed by atoms with Gasteiger partial charge in [-0.05, 0) is 24.3 Å². The van der Waals surface area contributed by atoms with Crippen LogP contribution in [-0.2, 0) is 4.79 Å². The van der Waals surface area contributed by atoms with Crippen molar-refractivity contribution in [3.05, 3.63) is 29.8 Å². The molecule has 2 rings (SSSR count). The Bertz CT molecular complexity index is 565. The van der Waals surface area contributed by atoms with E-state index in [1.54, 1.807) is 0 Å². The van der Waals surface area contributed by atoms with Gasteiger partial charge in [-0.25, -0.2) is 0 Å². The summed E-state index contributed by atoms with van der Waals surface area (Å²) in [5, 5.41) is 0. The quantitative estimate of drug-likeness (QED) is 0.839. The number of benzene rings is 1. The van der Waals surface area contributed by atoms with Gasteiger partial charge >= 0.3 is 0 Å². The lowest BCUT2D eigenvalue weighted by Gasteiger charge is -2.37. The van der Waals surface area contributed by atoms with Gasteiger partial charge < -0.3 is 14.7 Å². The van der Waals surface area contributed by atoms with Gasteiger partial charge in [-0.15, -0.1) is 0 Å². The number of piperazine rings is 1. The lowest BCUT2D eigenvalue weighted by Crippen LogP contribution is -2.53. The lowest BCUT2D eigenvalue weighted by molar-refractivity contribution is -0.140. The fourth-order valence-corrected chi connectivity index (χ4v) is 2.67. The van der Waals surface area contributed by atoms with Crippen LogP contribution in [0.25, 0.3) is 0 Å². The average molecular weight is 317 g/mol. The van der Waals surface area contributed by atoms with E-state index in [9.17, 15) is 9.59 Å². The van der Waals surface area contributed by atoms with E-state index in [0.29, 0.717) is 31.7 Å². The van der Waals surface area contributed by atoms with Crippen LogP contribution in [0.1, 0.15) is 31.1 Å². The first-order valence-corrected chi connectivity index (χ1v) is 8.06. The highest BCUT2D eigenvalue weighted by molar-refractivity contribution is 5.94. The topological polar surface area (TPSA) is 43.9 Å². The standard InChI is InChI=1S/C18H27N3O2/c1-18(2,3)17(23)21-12-10-20(11-13-21)16(22)14-6-8-15(9-7-14)19(4)5/h6-9H,10-13H2,1-5H3. The summed E-state index contributed by atoms with van der Waals surface area (Å²) in [6.07, 6.45) is 0. The Morgan fingerprint density at radius 2 is 1.39 bits per heavy atom. The van der Waals surface area contributed by atoms with Crippen molar-refractivity contribution in [2.75, 3.05) is 45.2 Å². The third kappa shape index (κ3) is 4.03. The molecule has 1 saturated heterocycles. The van der Waals surface area contributed by atoms with Gasteiger partial charge in [0.25, 0.3) is 5.91 Å². The minimum Gasteiger partial charge on any atom is -0.378 e. The zero-order valence-corrected chi connectivity index (χ0v) is 14.8. The van der Waals surface area contributed by atoms with Crippen molar-refractivity contribution in [2.45, 2.75) is 20.8 Å². The van der Waals surface area contributed by atoms with Gasteiger partial charge in [0.2, 0.25) is 5.91 Å². The predicted molar refractivity (Wildman–Crippen MR) is 92.7 cm³/mol. The molecule has 2 amide bonds. The molecule has 0 bridgehead atoms. The fourth-order valence-electron chi connectivity index (χ4n) is 2.67. The summed E-state index contributed by atoms with van der Waals surface area (Å²) in [5.74, 6) is 0.193. The van der Waals surface area contributed by atoms with Crippen molar-refractivity contribution in [2.24, 2.45) is 5.41 Å². The maximum atomic E-state index is 12.6. The van der Waals surface area contributed by atoms with Crippen molar-refractivity contribution < 1.29 is 9.59 Å². The largest absolute Gasteiger partial charge is 0.378 e. The van der Waals surface area contributed by atoms with E-state index in [0.717, 1.165) is 5.69 Å². The van der Waals surface area contributed by atoms with Gasteiger partial charge in [-0.3, -0.25) is 9.59 Å². The SMILES string of the molecule is CN(C)c1ccc(C(=O)N2CCN(C(=O)C(C)(C)C)CC2)cc1. The highest BCUT2D eigenvalue weighted by Gasteiger charge is 2.31. The molecular weight excluding hydrogens is 290 g/mol. The second-order valence-electron chi connectivity index (χ2n) is 7.28. The second kappa shape index (κ2) is 6.60. The van der Waals surface area contributed by atoms with E-state index >= 15 is 0 Å². The Morgan fingerprint density at radius 3 is 1.83 bits per heavy atom. The van der Waals surface area contributed by atoms with Crippen LogP contribution < -0.4 is 4.90 Å². The Kier molecular flexibility index (Phi) is 4.97. The molecule has 1 heterocycles. The van der Waals surface area contributed by atoms with Crippen molar-refractivity contribution in [3.63, 3.8) is 0 Å². The maximum absolute atomic E-state index is 12.6. The average Bonchev–Trinajstić information content (AvgIpc) is 2.53. The minimum atomic E-state index is -0.367. The van der Waals surface area contributed by atoms with Gasteiger partial charge in [0.1, 0.15) is 0 Å². The van der Waals surface area contributed by atoms with Crippen molar-refractivity contribution in [1.82, 2.24) is 9.80 Å². The monoisotopic (exact) mass is 317 g/mol. The Labute approximate surface area is 138 Å². The molecule has 0 saturated carbocycles. The number of rotatable bonds is 2. The minimum absolute atomic E-state index is 0.0400. The molecule has 0 radical (unpaired) electrons. The van der Waals surface area contributed by atoms with Crippen LogP contribution >= 0.6 is 0 Å². The van der Waals surface area contributed by atoms with E-state index < -0.39 is 0 Å². The summed E-state index contributed by atoms with van der Waals surface area (Å²) in [5.41, 5.74) is 1.40. The number of carbonyl (C=O) groups excluding carboxylic acids is 2. The molecule has 23 heavy (non-hydrogen) atoms. The van der Waals surface area contributed by atoms with Crippen LogP contribution in [0.2, 0.25) is 0 Å². The van der Waals surface area contributed by atoms with Crippen LogP contribution in [0.15, 0.2) is 24.3 Å². The lowest BCUT2D eigenvalue weighted by atomic mass is 9.94. The zero-order chi connectivity index (χ0) is 17.2. The summed E-state index contributed by atoms with van der Waals surface area (Å²) in [6.45, 7) is 8.19. The molecule has 5 nitrogen and oxygen atoms in total. The highest BCUT2D eigenvalue weighted by atomic mass is 16.2. The predicted octanol–water partition coefficient (Wildman–Crippen LogP) is 2.08. The van der Waals surface area contributed by atoms with Gasteiger partial charge in [0, 0.05) is 56.9 Å². The third-order valence-corrected chi connectivity index (χ3v) is 4.13. The Morgan fingerprint density at radius 1 is 0.913 bits per heavy atom. The first-order chi connectivity index (χ1) is 10.7. The first-order valence-electron chi connectivity index (χ1n) is 8.06. The van der Waals surface area contributed by atoms with Crippen LogP contribution in [0.3, 0.4) is 0 Å². The maximum Gasteiger partial charge on any atom is 0.253 e. The molecule has 1 aromatic carbocycles. The van der Waals surface area contributed by atoms with Gasteiger partial charge in [-0.1, -0.05) is 20.8 Å². The molecule has 1 aliphatic heterocycles. The van der Waals surface area contributed by atoms with E-state index in [4.69, 9.17) is 0 Å². The Balaban J connectivity index is 1.97. The van der Waals surface area contributed by atoms with Gasteiger partial charge in [0.05, 0.1) is 0 Å². The number of carbonyl (C=O) groups is 2. The van der Waals surface area contributed by atoms with Crippen LogP contribution in [0.5, 0.6) is 0 Å². The van der Waals surface area contributed by atoms with Crippen molar-refractivity contribution in [1.29, 1.82) is 0 Å². The molecule has 1 aromatic rings. The fraction of sp³-hybridized carbons (Fsp3) is 0.556. The van der Waals surface area contributed by atoms with E-state index in [1.807, 2.05) is 73.8 Å². The van der Waals surface area contributed by atoms with Crippen molar-refractivity contribution >= 4 is 17.5 Å². The number of anilines is 1. The van der Waals surface area contributed by atoms with Crippen molar-refractivity contribution in [3.8, 4) is 0 Å². The molecule has 0 N–H and O–H groups in total. The smallest absolute Gasteiger partial charge is 0.253 e. The number of amides is 2. The third-order valence-electron chi connectivity index (χ3n) is 4.13.